The molecule has 0 bridgehead atoms. The van der Waals surface area contributed by atoms with Crippen LogP contribution in [-0.4, -0.2) is 0 Å². The molecular weight excluding hydrogens is 179 g/mol. The van der Waals surface area contributed by atoms with E-state index in [1.54, 1.807) is 0 Å². The highest BCUT2D eigenvalue weighted by Crippen LogP contribution is 2.23. The zero-order valence-electron chi connectivity index (χ0n) is 8.00. The topological polar surface area (TPSA) is 47.6 Å². The first kappa shape index (κ1) is 10.2. The standard InChI is InChI=1S/C11H9FN2/c1-7(2)11-9(6-14)3-8(5-13)4-10(11)12/h3-4,7H,1-2H3. The van der Waals surface area contributed by atoms with Gasteiger partial charge in [0.2, 0.25) is 0 Å². The van der Waals surface area contributed by atoms with Crippen LogP contribution in [-0.2, 0) is 0 Å². The lowest BCUT2D eigenvalue weighted by atomic mass is 9.95. The molecule has 0 N–H and O–H groups in total. The minimum absolute atomic E-state index is 0.0580. The second kappa shape index (κ2) is 3.89. The third-order valence-electron chi connectivity index (χ3n) is 1.96. The van der Waals surface area contributed by atoms with E-state index in [1.165, 1.54) is 6.07 Å². The Morgan fingerprint density at radius 1 is 1.21 bits per heavy atom. The molecule has 0 aromatic heterocycles. The van der Waals surface area contributed by atoms with E-state index in [2.05, 4.69) is 0 Å². The summed E-state index contributed by atoms with van der Waals surface area (Å²) in [4.78, 5) is 0. The Bertz CT molecular complexity index is 436. The minimum atomic E-state index is -0.476. The normalized spacial score (nSPS) is 9.57. The van der Waals surface area contributed by atoms with Crippen molar-refractivity contribution in [1.82, 2.24) is 0 Å². The summed E-state index contributed by atoms with van der Waals surface area (Å²) in [6, 6.07) is 6.30. The molecule has 1 aromatic rings. The zero-order chi connectivity index (χ0) is 10.7. The maximum absolute atomic E-state index is 13.4. The van der Waals surface area contributed by atoms with Crippen LogP contribution in [0.5, 0.6) is 0 Å². The Hall–Kier alpha value is -1.87. The molecule has 0 aliphatic rings. The molecule has 0 saturated carbocycles. The van der Waals surface area contributed by atoms with Crippen LogP contribution in [0.15, 0.2) is 12.1 Å². The van der Waals surface area contributed by atoms with Crippen LogP contribution in [0.2, 0.25) is 0 Å². The van der Waals surface area contributed by atoms with Crippen LogP contribution in [0, 0.1) is 28.5 Å². The molecule has 70 valence electrons. The fourth-order valence-corrected chi connectivity index (χ4v) is 1.36. The summed E-state index contributed by atoms with van der Waals surface area (Å²) < 4.78 is 13.4. The third kappa shape index (κ3) is 1.72. The highest BCUT2D eigenvalue weighted by Gasteiger charge is 2.13. The van der Waals surface area contributed by atoms with Gasteiger partial charge in [0.15, 0.2) is 0 Å². The lowest BCUT2D eigenvalue weighted by Gasteiger charge is -2.09. The summed E-state index contributed by atoms with van der Waals surface area (Å²) >= 11 is 0. The molecule has 0 amide bonds. The molecule has 14 heavy (non-hydrogen) atoms. The largest absolute Gasteiger partial charge is 0.207 e. The fourth-order valence-electron chi connectivity index (χ4n) is 1.36. The van der Waals surface area contributed by atoms with Crippen molar-refractivity contribution >= 4 is 0 Å². The highest BCUT2D eigenvalue weighted by atomic mass is 19.1. The molecule has 0 aliphatic carbocycles. The fraction of sp³-hybridized carbons (Fsp3) is 0.273. The predicted molar refractivity (Wildman–Crippen MR) is 49.9 cm³/mol. The van der Waals surface area contributed by atoms with Crippen LogP contribution >= 0.6 is 0 Å². The smallest absolute Gasteiger partial charge is 0.129 e. The van der Waals surface area contributed by atoms with Crippen molar-refractivity contribution in [2.75, 3.05) is 0 Å². The monoisotopic (exact) mass is 188 g/mol. The van der Waals surface area contributed by atoms with Crippen molar-refractivity contribution in [1.29, 1.82) is 10.5 Å². The van der Waals surface area contributed by atoms with Gasteiger partial charge in [0.1, 0.15) is 5.82 Å². The van der Waals surface area contributed by atoms with Gasteiger partial charge in [-0.3, -0.25) is 0 Å². The summed E-state index contributed by atoms with van der Waals surface area (Å²) in [6.07, 6.45) is 0. The van der Waals surface area contributed by atoms with Gasteiger partial charge in [-0.05, 0) is 18.1 Å². The molecule has 0 radical (unpaired) electrons. The van der Waals surface area contributed by atoms with Crippen LogP contribution in [0.4, 0.5) is 4.39 Å². The Kier molecular flexibility index (Phi) is 2.84. The zero-order valence-corrected chi connectivity index (χ0v) is 8.00. The van der Waals surface area contributed by atoms with Gasteiger partial charge in [0.05, 0.1) is 23.3 Å². The average molecular weight is 188 g/mol. The highest BCUT2D eigenvalue weighted by molar-refractivity contribution is 5.46. The van der Waals surface area contributed by atoms with E-state index in [4.69, 9.17) is 10.5 Å². The number of rotatable bonds is 1. The molecule has 0 atom stereocenters. The average Bonchev–Trinajstić information content (AvgIpc) is 2.15. The molecule has 0 fully saturated rings. The van der Waals surface area contributed by atoms with Crippen LogP contribution in [0.1, 0.15) is 36.5 Å². The number of nitriles is 2. The third-order valence-corrected chi connectivity index (χ3v) is 1.96. The molecule has 1 rings (SSSR count). The summed E-state index contributed by atoms with van der Waals surface area (Å²) in [5, 5.41) is 17.4. The summed E-state index contributed by atoms with van der Waals surface area (Å²) in [5.41, 5.74) is 0.812. The number of benzene rings is 1. The van der Waals surface area contributed by atoms with Crippen molar-refractivity contribution in [3.63, 3.8) is 0 Å². The van der Waals surface area contributed by atoms with E-state index in [-0.39, 0.29) is 17.0 Å². The van der Waals surface area contributed by atoms with E-state index < -0.39 is 5.82 Å². The quantitative estimate of drug-likeness (QED) is 0.680. The van der Waals surface area contributed by atoms with E-state index in [9.17, 15) is 4.39 Å². The molecule has 0 heterocycles. The molecule has 0 aliphatic heterocycles. The van der Waals surface area contributed by atoms with Gasteiger partial charge in [-0.1, -0.05) is 13.8 Å². The van der Waals surface area contributed by atoms with Crippen molar-refractivity contribution in [2.24, 2.45) is 0 Å². The van der Waals surface area contributed by atoms with Crippen LogP contribution < -0.4 is 0 Å². The summed E-state index contributed by atoms with van der Waals surface area (Å²) in [7, 11) is 0. The lowest BCUT2D eigenvalue weighted by molar-refractivity contribution is 0.597. The summed E-state index contributed by atoms with van der Waals surface area (Å²) in [5.74, 6) is -0.534. The first-order valence-corrected chi connectivity index (χ1v) is 4.23. The molecule has 2 nitrogen and oxygen atoms in total. The Morgan fingerprint density at radius 3 is 2.29 bits per heavy atom. The van der Waals surface area contributed by atoms with Crippen molar-refractivity contribution < 1.29 is 4.39 Å². The van der Waals surface area contributed by atoms with Gasteiger partial charge < -0.3 is 0 Å². The van der Waals surface area contributed by atoms with Gasteiger partial charge in [-0.15, -0.1) is 0 Å². The summed E-state index contributed by atoms with van der Waals surface area (Å²) in [6.45, 7) is 3.62. The maximum Gasteiger partial charge on any atom is 0.129 e. The molecule has 1 aromatic carbocycles. The van der Waals surface area contributed by atoms with E-state index in [0.717, 1.165) is 6.07 Å². The second-order valence-electron chi connectivity index (χ2n) is 3.30. The van der Waals surface area contributed by atoms with Crippen molar-refractivity contribution in [2.45, 2.75) is 19.8 Å². The Morgan fingerprint density at radius 2 is 1.86 bits per heavy atom. The number of hydrogen-bond donors (Lipinski definition) is 0. The molecule has 0 spiro atoms. The van der Waals surface area contributed by atoms with E-state index in [0.29, 0.717) is 5.56 Å². The minimum Gasteiger partial charge on any atom is -0.207 e. The second-order valence-corrected chi connectivity index (χ2v) is 3.30. The van der Waals surface area contributed by atoms with Gasteiger partial charge in [-0.2, -0.15) is 10.5 Å². The first-order valence-electron chi connectivity index (χ1n) is 4.23. The molecule has 0 saturated heterocycles. The molecule has 0 unspecified atom stereocenters. The predicted octanol–water partition coefficient (Wildman–Crippen LogP) is 2.69. The molecular formula is C11H9FN2. The van der Waals surface area contributed by atoms with Crippen LogP contribution in [0.25, 0.3) is 0 Å². The molecule has 3 heteroatoms. The van der Waals surface area contributed by atoms with E-state index >= 15 is 0 Å². The SMILES string of the molecule is CC(C)c1c(F)cc(C#N)cc1C#N. The van der Waals surface area contributed by atoms with Gasteiger partial charge in [0, 0.05) is 5.56 Å². The van der Waals surface area contributed by atoms with Gasteiger partial charge in [0.25, 0.3) is 0 Å². The van der Waals surface area contributed by atoms with Crippen LogP contribution in [0.3, 0.4) is 0 Å². The Balaban J connectivity index is 3.46. The number of hydrogen-bond acceptors (Lipinski definition) is 2. The first-order chi connectivity index (χ1) is 6.60. The van der Waals surface area contributed by atoms with Crippen molar-refractivity contribution in [3.05, 3.63) is 34.6 Å². The Labute approximate surface area is 82.2 Å². The number of halogens is 1. The maximum atomic E-state index is 13.4. The van der Waals surface area contributed by atoms with E-state index in [1.807, 2.05) is 26.0 Å². The van der Waals surface area contributed by atoms with Crippen molar-refractivity contribution in [3.8, 4) is 12.1 Å². The number of nitrogens with zero attached hydrogens (tertiary/aromatic N) is 2. The van der Waals surface area contributed by atoms with Gasteiger partial charge in [-0.25, -0.2) is 4.39 Å². The lowest BCUT2D eigenvalue weighted by Crippen LogP contribution is -1.98. The van der Waals surface area contributed by atoms with Gasteiger partial charge >= 0.3 is 0 Å².